The molecule has 11 heteroatoms. The van der Waals surface area contributed by atoms with Crippen molar-refractivity contribution in [1.82, 2.24) is 19.8 Å². The van der Waals surface area contributed by atoms with Crippen molar-refractivity contribution >= 4 is 17.0 Å². The number of imidazole rings is 1. The van der Waals surface area contributed by atoms with Crippen LogP contribution in [0.4, 0.5) is 17.6 Å². The molecule has 1 fully saturated rings. The molecule has 40 heavy (non-hydrogen) atoms. The third-order valence-corrected chi connectivity index (χ3v) is 6.61. The van der Waals surface area contributed by atoms with Crippen molar-refractivity contribution < 1.29 is 32.2 Å². The van der Waals surface area contributed by atoms with E-state index < -0.39 is 12.1 Å². The zero-order valence-electron chi connectivity index (χ0n) is 21.9. The summed E-state index contributed by atoms with van der Waals surface area (Å²) in [7, 11) is 1.76. The summed E-state index contributed by atoms with van der Waals surface area (Å²) in [4.78, 5) is 21.7. The first-order valence-corrected chi connectivity index (χ1v) is 12.7. The average Bonchev–Trinajstić information content (AvgIpc) is 3.36. The highest BCUT2D eigenvalue weighted by molar-refractivity contribution is 5.80. The Balaban J connectivity index is 0.000000470. The van der Waals surface area contributed by atoms with E-state index in [0.29, 0.717) is 5.52 Å². The normalized spacial score (nSPS) is 14.6. The summed E-state index contributed by atoms with van der Waals surface area (Å²) in [5.74, 6) is -2.27. The van der Waals surface area contributed by atoms with E-state index >= 15 is 0 Å². The van der Waals surface area contributed by atoms with E-state index in [9.17, 15) is 17.6 Å². The molecule has 1 aromatic heterocycles. The highest BCUT2D eigenvalue weighted by atomic mass is 19.4. The molecule has 0 atom stereocenters. The molecule has 0 bridgehead atoms. The van der Waals surface area contributed by atoms with Gasteiger partial charge in [0.05, 0.1) is 17.6 Å². The Bertz CT molecular complexity index is 1400. The molecular weight excluding hydrogens is 528 g/mol. The molecule has 0 saturated carbocycles. The lowest BCUT2D eigenvalue weighted by atomic mass is 10.0. The van der Waals surface area contributed by atoms with E-state index in [0.717, 1.165) is 62.8 Å². The van der Waals surface area contributed by atoms with Crippen LogP contribution in [0, 0.1) is 5.82 Å². The van der Waals surface area contributed by atoms with Crippen molar-refractivity contribution in [3.05, 3.63) is 78.1 Å². The van der Waals surface area contributed by atoms with Gasteiger partial charge < -0.3 is 14.8 Å². The molecule has 1 aliphatic heterocycles. The van der Waals surface area contributed by atoms with E-state index in [4.69, 9.17) is 14.6 Å². The topological polar surface area (TPSA) is 81.7 Å². The number of piperazine rings is 1. The number of carboxylic acid groups (broad SMARTS) is 1. The van der Waals surface area contributed by atoms with Crippen molar-refractivity contribution in [2.75, 3.05) is 46.4 Å². The van der Waals surface area contributed by atoms with Crippen LogP contribution in [0.25, 0.3) is 33.5 Å². The summed E-state index contributed by atoms with van der Waals surface area (Å²) in [6, 6.07) is 21.8. The zero-order chi connectivity index (χ0) is 28.7. The number of H-pyrrole nitrogens is 1. The van der Waals surface area contributed by atoms with Crippen molar-refractivity contribution in [2.45, 2.75) is 12.7 Å². The Hall–Kier alpha value is -3.80. The second-order valence-electron chi connectivity index (χ2n) is 9.43. The van der Waals surface area contributed by atoms with E-state index in [1.807, 2.05) is 0 Å². The van der Waals surface area contributed by atoms with E-state index in [1.54, 1.807) is 13.2 Å². The molecule has 5 rings (SSSR count). The van der Waals surface area contributed by atoms with Gasteiger partial charge in [-0.05, 0) is 34.9 Å². The molecule has 0 spiro atoms. The minimum Gasteiger partial charge on any atom is -0.475 e. The lowest BCUT2D eigenvalue weighted by Crippen LogP contribution is -2.46. The SMILES string of the molecule is COCCN1CCN(Cc2ccc(-c3ccc(-c4nc5ccc(F)cc5[nH]4)cc3)cc2)CC1.O=C(O)C(F)(F)F. The maximum atomic E-state index is 13.4. The number of methoxy groups -OCH3 is 1. The summed E-state index contributed by atoms with van der Waals surface area (Å²) in [6.07, 6.45) is -5.08. The molecule has 212 valence electrons. The standard InChI is InChI=1S/C27H29FN4O.C2HF3O2/c1-33-17-16-31-12-14-32(15-13-31)19-20-2-4-21(5-3-20)22-6-8-23(9-7-22)27-29-25-11-10-24(28)18-26(25)30-27;3-2(4,5)1(6)7/h2-11,18H,12-17,19H2,1H3,(H,29,30);(H,6,7). The van der Waals surface area contributed by atoms with Crippen LogP contribution in [0.3, 0.4) is 0 Å². The Morgan fingerprint density at radius 2 is 1.48 bits per heavy atom. The zero-order valence-corrected chi connectivity index (χ0v) is 21.9. The van der Waals surface area contributed by atoms with Crippen LogP contribution in [0.2, 0.25) is 0 Å². The predicted octanol–water partition coefficient (Wildman–Crippen LogP) is 5.43. The summed E-state index contributed by atoms with van der Waals surface area (Å²) in [5, 5.41) is 7.12. The van der Waals surface area contributed by atoms with Crippen LogP contribution in [-0.4, -0.2) is 83.5 Å². The molecule has 2 N–H and O–H groups in total. The fraction of sp³-hybridized carbons (Fsp3) is 0.310. The first-order valence-electron chi connectivity index (χ1n) is 12.7. The third kappa shape index (κ3) is 7.87. The number of ether oxygens (including phenoxy) is 1. The van der Waals surface area contributed by atoms with Gasteiger partial charge in [-0.25, -0.2) is 14.2 Å². The number of carbonyl (C=O) groups is 1. The molecule has 0 amide bonds. The van der Waals surface area contributed by atoms with Gasteiger partial charge in [-0.3, -0.25) is 9.80 Å². The second kappa shape index (κ2) is 13.0. The van der Waals surface area contributed by atoms with Crippen molar-refractivity contribution in [3.63, 3.8) is 0 Å². The number of carboxylic acids is 1. The Labute approximate surface area is 229 Å². The number of nitrogens with zero attached hydrogens (tertiary/aromatic N) is 3. The van der Waals surface area contributed by atoms with Crippen molar-refractivity contribution in [3.8, 4) is 22.5 Å². The largest absolute Gasteiger partial charge is 0.490 e. The number of hydrogen-bond acceptors (Lipinski definition) is 5. The van der Waals surface area contributed by atoms with Crippen LogP contribution < -0.4 is 0 Å². The van der Waals surface area contributed by atoms with Gasteiger partial charge in [-0.15, -0.1) is 0 Å². The first-order chi connectivity index (χ1) is 19.1. The number of aromatic amines is 1. The number of hydrogen-bond donors (Lipinski definition) is 2. The summed E-state index contributed by atoms with van der Waals surface area (Å²) >= 11 is 0. The number of nitrogens with one attached hydrogen (secondary N) is 1. The number of aliphatic carboxylic acids is 1. The minimum atomic E-state index is -5.08. The number of fused-ring (bicyclic) bond motifs is 1. The fourth-order valence-corrected chi connectivity index (χ4v) is 4.39. The molecule has 0 unspecified atom stereocenters. The summed E-state index contributed by atoms with van der Waals surface area (Å²) < 4.78 is 50.4. The van der Waals surface area contributed by atoms with Crippen LogP contribution in [0.5, 0.6) is 0 Å². The predicted molar refractivity (Wildman–Crippen MR) is 144 cm³/mol. The summed E-state index contributed by atoms with van der Waals surface area (Å²) in [6.45, 7) is 7.22. The molecule has 2 heterocycles. The highest BCUT2D eigenvalue weighted by Crippen LogP contribution is 2.26. The minimum absolute atomic E-state index is 0.263. The maximum Gasteiger partial charge on any atom is 0.490 e. The van der Waals surface area contributed by atoms with Crippen molar-refractivity contribution in [2.24, 2.45) is 0 Å². The van der Waals surface area contributed by atoms with Gasteiger partial charge in [-0.1, -0.05) is 48.5 Å². The first kappa shape index (κ1) is 29.2. The number of aromatic nitrogens is 2. The van der Waals surface area contributed by atoms with E-state index in [2.05, 4.69) is 68.3 Å². The van der Waals surface area contributed by atoms with Crippen LogP contribution in [0.1, 0.15) is 5.56 Å². The lowest BCUT2D eigenvalue weighted by molar-refractivity contribution is -0.192. The van der Waals surface area contributed by atoms with Crippen LogP contribution in [-0.2, 0) is 16.1 Å². The number of benzene rings is 3. The van der Waals surface area contributed by atoms with E-state index in [-0.39, 0.29) is 5.82 Å². The molecular formula is C29H30F4N4O3. The van der Waals surface area contributed by atoms with Gasteiger partial charge in [0.15, 0.2) is 0 Å². The van der Waals surface area contributed by atoms with Gasteiger partial charge in [-0.2, -0.15) is 13.2 Å². The van der Waals surface area contributed by atoms with Gasteiger partial charge in [0.25, 0.3) is 0 Å². The van der Waals surface area contributed by atoms with Crippen LogP contribution in [0.15, 0.2) is 66.7 Å². The van der Waals surface area contributed by atoms with Crippen LogP contribution >= 0.6 is 0 Å². The highest BCUT2D eigenvalue weighted by Gasteiger charge is 2.38. The Morgan fingerprint density at radius 1 is 0.925 bits per heavy atom. The third-order valence-electron chi connectivity index (χ3n) is 6.61. The maximum absolute atomic E-state index is 13.4. The molecule has 0 radical (unpaired) electrons. The number of rotatable bonds is 7. The number of halogens is 4. The van der Waals surface area contributed by atoms with Gasteiger partial charge >= 0.3 is 12.1 Å². The molecule has 7 nitrogen and oxygen atoms in total. The number of alkyl halides is 3. The van der Waals surface area contributed by atoms with Gasteiger partial charge in [0.1, 0.15) is 11.6 Å². The smallest absolute Gasteiger partial charge is 0.475 e. The van der Waals surface area contributed by atoms with E-state index in [1.165, 1.54) is 28.8 Å². The average molecular weight is 559 g/mol. The quantitative estimate of drug-likeness (QED) is 0.295. The Kier molecular flexibility index (Phi) is 9.51. The molecule has 1 aliphatic rings. The van der Waals surface area contributed by atoms with Gasteiger partial charge in [0.2, 0.25) is 0 Å². The molecule has 0 aliphatic carbocycles. The fourth-order valence-electron chi connectivity index (χ4n) is 4.39. The Morgan fingerprint density at radius 3 is 2.05 bits per heavy atom. The molecule has 4 aromatic rings. The van der Waals surface area contributed by atoms with Crippen molar-refractivity contribution in [1.29, 1.82) is 0 Å². The lowest BCUT2D eigenvalue weighted by Gasteiger charge is -2.34. The second-order valence-corrected chi connectivity index (χ2v) is 9.43. The summed E-state index contributed by atoms with van der Waals surface area (Å²) in [5.41, 5.74) is 6.16. The van der Waals surface area contributed by atoms with Gasteiger partial charge in [0, 0.05) is 51.9 Å². The monoisotopic (exact) mass is 558 g/mol. The molecule has 3 aromatic carbocycles. The molecule has 1 saturated heterocycles.